The first-order chi connectivity index (χ1) is 13.5. The number of benzene rings is 2. The van der Waals surface area contributed by atoms with E-state index < -0.39 is 5.91 Å². The van der Waals surface area contributed by atoms with E-state index in [4.69, 9.17) is 11.6 Å². The number of carbonyl (C=O) groups excluding carboxylic acids is 2. The molecule has 3 rings (SSSR count). The van der Waals surface area contributed by atoms with Crippen molar-refractivity contribution in [2.24, 2.45) is 0 Å². The zero-order valence-electron chi connectivity index (χ0n) is 15.6. The molecule has 0 radical (unpaired) electrons. The minimum Gasteiger partial charge on any atom is -0.321 e. The van der Waals surface area contributed by atoms with E-state index in [2.05, 4.69) is 10.3 Å². The van der Waals surface area contributed by atoms with Crippen molar-refractivity contribution in [2.45, 2.75) is 13.8 Å². The minimum absolute atomic E-state index is 0.159. The van der Waals surface area contributed by atoms with Crippen molar-refractivity contribution in [3.05, 3.63) is 88.7 Å². The average Bonchev–Trinajstić information content (AvgIpc) is 2.72. The molecule has 0 aliphatic heterocycles. The van der Waals surface area contributed by atoms with Gasteiger partial charge in [-0.1, -0.05) is 41.9 Å². The summed E-state index contributed by atoms with van der Waals surface area (Å²) < 4.78 is 0. The molecule has 0 atom stereocenters. The van der Waals surface area contributed by atoms with Crippen molar-refractivity contribution < 1.29 is 9.59 Å². The van der Waals surface area contributed by atoms with Crippen LogP contribution in [0.3, 0.4) is 0 Å². The van der Waals surface area contributed by atoms with E-state index in [1.54, 1.807) is 35.2 Å². The van der Waals surface area contributed by atoms with Gasteiger partial charge in [0, 0.05) is 22.9 Å². The predicted octanol–water partition coefficient (Wildman–Crippen LogP) is 4.96. The Hall–Kier alpha value is -3.18. The summed E-state index contributed by atoms with van der Waals surface area (Å²) in [6, 6.07) is 19.4. The first-order valence-electron chi connectivity index (χ1n) is 8.91. The lowest BCUT2D eigenvalue weighted by atomic mass is 10.2. The van der Waals surface area contributed by atoms with E-state index in [-0.39, 0.29) is 17.3 Å². The van der Waals surface area contributed by atoms with Crippen molar-refractivity contribution in [1.29, 1.82) is 0 Å². The molecule has 1 heterocycles. The summed E-state index contributed by atoms with van der Waals surface area (Å²) in [6.45, 7) is 4.27. The first-order valence-corrected chi connectivity index (χ1v) is 9.29. The van der Waals surface area contributed by atoms with Gasteiger partial charge in [-0.2, -0.15) is 0 Å². The SMILES string of the molecule is CCN(C(=O)c1cccc(C(=O)Nc2ccc(C)c(Cl)c2)n1)c1ccccc1. The quantitative estimate of drug-likeness (QED) is 0.666. The van der Waals surface area contributed by atoms with Crippen LogP contribution < -0.4 is 10.2 Å². The third-order valence-corrected chi connectivity index (χ3v) is 4.67. The molecule has 0 aliphatic carbocycles. The van der Waals surface area contributed by atoms with Crippen LogP contribution in [0, 0.1) is 6.92 Å². The molecule has 0 spiro atoms. The largest absolute Gasteiger partial charge is 0.321 e. The summed E-state index contributed by atoms with van der Waals surface area (Å²) in [4.78, 5) is 31.3. The predicted molar refractivity (Wildman–Crippen MR) is 112 cm³/mol. The van der Waals surface area contributed by atoms with E-state index >= 15 is 0 Å². The van der Waals surface area contributed by atoms with Crippen LogP contribution in [-0.2, 0) is 0 Å². The number of aryl methyl sites for hydroxylation is 1. The number of nitrogens with zero attached hydrogens (tertiary/aromatic N) is 2. The van der Waals surface area contributed by atoms with Gasteiger partial charge in [-0.05, 0) is 55.8 Å². The van der Waals surface area contributed by atoms with Crippen molar-refractivity contribution >= 4 is 34.8 Å². The van der Waals surface area contributed by atoms with Gasteiger partial charge < -0.3 is 10.2 Å². The Kier molecular flexibility index (Phi) is 6.06. The van der Waals surface area contributed by atoms with Crippen LogP contribution in [0.4, 0.5) is 11.4 Å². The monoisotopic (exact) mass is 393 g/mol. The molecule has 1 aromatic heterocycles. The number of halogens is 1. The smallest absolute Gasteiger partial charge is 0.276 e. The molecule has 5 nitrogen and oxygen atoms in total. The van der Waals surface area contributed by atoms with E-state index in [0.717, 1.165) is 11.3 Å². The van der Waals surface area contributed by atoms with Crippen LogP contribution in [0.15, 0.2) is 66.7 Å². The second-order valence-corrected chi connectivity index (χ2v) is 6.62. The van der Waals surface area contributed by atoms with Gasteiger partial charge in [0.25, 0.3) is 11.8 Å². The second kappa shape index (κ2) is 8.67. The Labute approximate surface area is 169 Å². The van der Waals surface area contributed by atoms with Gasteiger partial charge in [0.15, 0.2) is 0 Å². The average molecular weight is 394 g/mol. The molecule has 3 aromatic rings. The maximum absolute atomic E-state index is 12.9. The Balaban J connectivity index is 1.81. The Morgan fingerprint density at radius 3 is 2.39 bits per heavy atom. The van der Waals surface area contributed by atoms with Crippen LogP contribution in [-0.4, -0.2) is 23.3 Å². The minimum atomic E-state index is -0.405. The molecular formula is C22H20ClN3O2. The highest BCUT2D eigenvalue weighted by Gasteiger charge is 2.19. The molecule has 0 bridgehead atoms. The topological polar surface area (TPSA) is 62.3 Å². The summed E-state index contributed by atoms with van der Waals surface area (Å²) in [6.07, 6.45) is 0. The number of anilines is 2. The van der Waals surface area contributed by atoms with Crippen LogP contribution >= 0.6 is 11.6 Å². The van der Waals surface area contributed by atoms with Crippen molar-refractivity contribution in [1.82, 2.24) is 4.98 Å². The van der Waals surface area contributed by atoms with Gasteiger partial charge in [0.05, 0.1) is 0 Å². The molecule has 2 aromatic carbocycles. The van der Waals surface area contributed by atoms with E-state index in [9.17, 15) is 9.59 Å². The van der Waals surface area contributed by atoms with E-state index in [1.807, 2.05) is 50.2 Å². The van der Waals surface area contributed by atoms with Crippen LogP contribution in [0.1, 0.15) is 33.5 Å². The number of carbonyl (C=O) groups is 2. The fourth-order valence-electron chi connectivity index (χ4n) is 2.74. The van der Waals surface area contributed by atoms with Crippen molar-refractivity contribution in [3.63, 3.8) is 0 Å². The molecule has 0 fully saturated rings. The third-order valence-electron chi connectivity index (χ3n) is 4.26. The summed E-state index contributed by atoms with van der Waals surface area (Å²) >= 11 is 6.10. The zero-order chi connectivity index (χ0) is 20.1. The van der Waals surface area contributed by atoms with Crippen molar-refractivity contribution in [3.8, 4) is 0 Å². The molecule has 0 aliphatic rings. The summed E-state index contributed by atoms with van der Waals surface area (Å²) in [7, 11) is 0. The summed E-state index contributed by atoms with van der Waals surface area (Å²) in [5.41, 5.74) is 2.64. The van der Waals surface area contributed by atoms with Gasteiger partial charge in [-0.3, -0.25) is 9.59 Å². The van der Waals surface area contributed by atoms with E-state index in [0.29, 0.717) is 17.3 Å². The molecule has 1 N–H and O–H groups in total. The lowest BCUT2D eigenvalue weighted by molar-refractivity contribution is 0.0983. The highest BCUT2D eigenvalue weighted by molar-refractivity contribution is 6.31. The molecule has 0 saturated carbocycles. The number of nitrogens with one attached hydrogen (secondary N) is 1. The number of hydrogen-bond donors (Lipinski definition) is 1. The van der Waals surface area contributed by atoms with Crippen LogP contribution in [0.2, 0.25) is 5.02 Å². The Morgan fingerprint density at radius 1 is 1.00 bits per heavy atom. The van der Waals surface area contributed by atoms with Crippen LogP contribution in [0.25, 0.3) is 0 Å². The van der Waals surface area contributed by atoms with Gasteiger partial charge in [0.1, 0.15) is 11.4 Å². The number of amides is 2. The molecule has 6 heteroatoms. The molecule has 0 unspecified atom stereocenters. The van der Waals surface area contributed by atoms with Gasteiger partial charge in [0.2, 0.25) is 0 Å². The zero-order valence-corrected chi connectivity index (χ0v) is 16.4. The molecule has 0 saturated heterocycles. The Bertz CT molecular complexity index is 1010. The van der Waals surface area contributed by atoms with Crippen molar-refractivity contribution in [2.75, 3.05) is 16.8 Å². The molecule has 28 heavy (non-hydrogen) atoms. The lowest BCUT2D eigenvalue weighted by Gasteiger charge is -2.20. The summed E-state index contributed by atoms with van der Waals surface area (Å²) in [5.74, 6) is -0.668. The first kappa shape index (κ1) is 19.6. The third kappa shape index (κ3) is 4.38. The Morgan fingerprint density at radius 2 is 1.71 bits per heavy atom. The van der Waals surface area contributed by atoms with Crippen LogP contribution in [0.5, 0.6) is 0 Å². The van der Waals surface area contributed by atoms with E-state index in [1.165, 1.54) is 0 Å². The highest BCUT2D eigenvalue weighted by atomic mass is 35.5. The standard InChI is InChI=1S/C22H20ClN3O2/c1-3-26(17-8-5-4-6-9-17)22(28)20-11-7-10-19(25-20)21(27)24-16-13-12-15(2)18(23)14-16/h4-14H,3H2,1-2H3,(H,24,27). The highest BCUT2D eigenvalue weighted by Crippen LogP contribution is 2.21. The van der Waals surface area contributed by atoms with Gasteiger partial charge >= 0.3 is 0 Å². The molecule has 142 valence electrons. The number of hydrogen-bond acceptors (Lipinski definition) is 3. The number of aromatic nitrogens is 1. The second-order valence-electron chi connectivity index (χ2n) is 6.21. The number of rotatable bonds is 5. The number of para-hydroxylation sites is 1. The lowest BCUT2D eigenvalue weighted by Crippen LogP contribution is -2.31. The van der Waals surface area contributed by atoms with Gasteiger partial charge in [-0.15, -0.1) is 0 Å². The fraction of sp³-hybridized carbons (Fsp3) is 0.136. The number of pyridine rings is 1. The maximum Gasteiger partial charge on any atom is 0.276 e. The summed E-state index contributed by atoms with van der Waals surface area (Å²) in [5, 5.41) is 3.32. The normalized spacial score (nSPS) is 10.4. The maximum atomic E-state index is 12.9. The fourth-order valence-corrected chi connectivity index (χ4v) is 2.92. The molecule has 2 amide bonds. The van der Waals surface area contributed by atoms with Gasteiger partial charge in [-0.25, -0.2) is 4.98 Å². The molecular weight excluding hydrogens is 374 g/mol.